The molecule has 0 aromatic heterocycles. The van der Waals surface area contributed by atoms with E-state index in [-0.39, 0.29) is 80.8 Å². The van der Waals surface area contributed by atoms with Crippen molar-refractivity contribution >= 4 is 23.7 Å². The first kappa shape index (κ1) is 48.7. The average Bonchev–Trinajstić information content (AvgIpc) is 3.83. The molecule has 5 N–H and O–H groups in total. The van der Waals surface area contributed by atoms with E-state index in [4.69, 9.17) is 20.3 Å². The van der Waals surface area contributed by atoms with Crippen molar-refractivity contribution in [1.82, 2.24) is 30.3 Å². The Morgan fingerprint density at radius 3 is 2.50 bits per heavy atom. The molecule has 4 amide bonds. The van der Waals surface area contributed by atoms with E-state index in [9.17, 15) is 19.5 Å². The van der Waals surface area contributed by atoms with Crippen LogP contribution < -0.4 is 47.0 Å². The van der Waals surface area contributed by atoms with Gasteiger partial charge in [-0.1, -0.05) is 0 Å². The molecule has 14 nitrogen and oxygen atoms in total. The maximum atomic E-state index is 16.5. The molecule has 374 valence electrons. The molecule has 10 rings (SSSR count). The van der Waals surface area contributed by atoms with Gasteiger partial charge in [0.2, 0.25) is 5.91 Å². The summed E-state index contributed by atoms with van der Waals surface area (Å²) in [6.07, 6.45) is 12.6. The third-order valence-electron chi connectivity index (χ3n) is 16.0. The molecule has 3 saturated heterocycles. The van der Waals surface area contributed by atoms with Gasteiger partial charge in [0.1, 0.15) is 6.61 Å². The van der Waals surface area contributed by atoms with E-state index < -0.39 is 35.1 Å². The van der Waals surface area contributed by atoms with Crippen LogP contribution in [0.3, 0.4) is 0 Å². The number of ether oxygens (including phenoxy) is 2. The number of fused-ring (bicyclic) bond motifs is 2. The van der Waals surface area contributed by atoms with Crippen molar-refractivity contribution < 1.29 is 58.9 Å². The first-order chi connectivity index (χ1) is 33.8. The fourth-order valence-corrected chi connectivity index (χ4v) is 15.6. The fourth-order valence-electron chi connectivity index (χ4n) is 11.9. The SMILES string of the molecule is Cc1c(F)cc2c(c1-c1c(C(N)=O)ccc(OCCO)c1F)[C@H](C)[C@@](CNC1CC([I-]CN3CCC(N4CCC(C5=CC=C6C(N7CCC(=O)NC7=O)=NN(C)C6C5)CC4)CC3)C1)(c1ccccc1)O2. The van der Waals surface area contributed by atoms with E-state index in [1.165, 1.54) is 41.2 Å². The zero-order valence-corrected chi connectivity index (χ0v) is 42.4. The number of amides is 4. The molecule has 0 radical (unpaired) electrons. The van der Waals surface area contributed by atoms with Gasteiger partial charge in [0, 0.05) is 25.6 Å². The van der Waals surface area contributed by atoms with Crippen molar-refractivity contribution in [3.8, 4) is 22.6 Å². The van der Waals surface area contributed by atoms with Crippen LogP contribution >= 0.6 is 0 Å². The number of likely N-dealkylation sites (tertiary alicyclic amines) is 2. The molecule has 5 heterocycles. The van der Waals surface area contributed by atoms with E-state index in [1.807, 2.05) is 49.3 Å². The number of piperidine rings is 2. The van der Waals surface area contributed by atoms with Crippen LogP contribution in [0.25, 0.3) is 11.1 Å². The second-order valence-corrected chi connectivity index (χ2v) is 23.3. The molecule has 3 aromatic rings. The first-order valence-electron chi connectivity index (χ1n) is 24.9. The van der Waals surface area contributed by atoms with Gasteiger partial charge >= 0.3 is 314 Å². The number of hydrazone groups is 1. The first-order valence-corrected chi connectivity index (χ1v) is 27.7. The van der Waals surface area contributed by atoms with E-state index >= 15 is 8.78 Å². The number of rotatable bonds is 14. The van der Waals surface area contributed by atoms with Gasteiger partial charge in [-0.2, -0.15) is 5.10 Å². The molecule has 17 heteroatoms. The van der Waals surface area contributed by atoms with Crippen molar-refractivity contribution in [2.75, 3.05) is 64.1 Å². The number of carbonyl (C=O) groups is 3. The van der Waals surface area contributed by atoms with Crippen LogP contribution in [-0.4, -0.2) is 135 Å². The normalized spacial score (nSPS) is 26.5. The number of benzene rings is 3. The van der Waals surface area contributed by atoms with E-state index in [0.717, 1.165) is 73.3 Å². The summed E-state index contributed by atoms with van der Waals surface area (Å²) in [5.74, 6) is -1.58. The number of likely N-dealkylation sites (N-methyl/N-ethyl adjacent to an activating group) is 1. The summed E-state index contributed by atoms with van der Waals surface area (Å²) in [7, 11) is 1.98. The number of primary amides is 1. The van der Waals surface area contributed by atoms with Crippen LogP contribution in [0.15, 0.2) is 76.9 Å². The molecular formula is C53H64F2IN8O6-. The number of nitrogens with one attached hydrogen (secondary N) is 2. The molecule has 3 aromatic carbocycles. The molecule has 0 spiro atoms. The number of hydrogen-bond donors (Lipinski definition) is 4. The van der Waals surface area contributed by atoms with Gasteiger partial charge in [0.15, 0.2) is 5.84 Å². The Hall–Kier alpha value is -4.95. The molecule has 7 aliphatic rings. The number of alkyl halides is 2. The number of urea groups is 1. The number of nitrogens with two attached hydrogens (primary N) is 1. The number of aliphatic hydroxyl groups excluding tert-OH is 1. The summed E-state index contributed by atoms with van der Waals surface area (Å²) in [5.41, 5.74) is 9.07. The molecule has 0 bridgehead atoms. The van der Waals surface area contributed by atoms with Gasteiger partial charge in [-0.3, -0.25) is 24.8 Å². The maximum absolute atomic E-state index is 16.5. The fraction of sp³-hybridized carbons (Fsp3) is 0.509. The Balaban J connectivity index is 0.715. The Morgan fingerprint density at radius 2 is 1.79 bits per heavy atom. The van der Waals surface area contributed by atoms with Crippen molar-refractivity contribution in [3.63, 3.8) is 0 Å². The number of imide groups is 1. The van der Waals surface area contributed by atoms with Crippen molar-refractivity contribution in [3.05, 3.63) is 106 Å². The van der Waals surface area contributed by atoms with Gasteiger partial charge in [0.25, 0.3) is 0 Å². The predicted molar refractivity (Wildman–Crippen MR) is 258 cm³/mol. The van der Waals surface area contributed by atoms with Crippen LogP contribution in [0.1, 0.15) is 91.3 Å². The number of aliphatic hydroxyl groups is 1. The number of nitrogens with zero attached hydrogens (tertiary/aromatic N) is 5. The number of carbonyl (C=O) groups excluding carboxylic acids is 3. The van der Waals surface area contributed by atoms with Crippen molar-refractivity contribution in [2.24, 2.45) is 16.8 Å². The third-order valence-corrected chi connectivity index (χ3v) is 19.7. The van der Waals surface area contributed by atoms with Crippen molar-refractivity contribution in [2.45, 2.75) is 98.8 Å². The Labute approximate surface area is 418 Å². The summed E-state index contributed by atoms with van der Waals surface area (Å²) in [4.78, 5) is 44.2. The zero-order valence-electron chi connectivity index (χ0n) is 40.2. The number of hydrogen-bond acceptors (Lipinski definition) is 11. The number of amidine groups is 1. The van der Waals surface area contributed by atoms with Gasteiger partial charge < -0.3 is 15.6 Å². The van der Waals surface area contributed by atoms with E-state index in [2.05, 4.69) is 32.6 Å². The minimum atomic E-state index is -0.951. The second kappa shape index (κ2) is 20.3. The van der Waals surface area contributed by atoms with Crippen LogP contribution in [0.5, 0.6) is 11.5 Å². The van der Waals surface area contributed by atoms with Crippen LogP contribution in [0.2, 0.25) is 0 Å². The molecule has 2 aliphatic carbocycles. The van der Waals surface area contributed by atoms with Crippen LogP contribution in [-0.2, 0) is 10.4 Å². The zero-order chi connectivity index (χ0) is 48.8. The minimum absolute atomic E-state index is 0.00781. The Kier molecular flexibility index (Phi) is 14.1. The van der Waals surface area contributed by atoms with E-state index in [0.29, 0.717) is 48.2 Å². The molecule has 1 saturated carbocycles. The molecular weight excluding hydrogens is 1010 g/mol. The van der Waals surface area contributed by atoms with Crippen LogP contribution in [0.4, 0.5) is 13.6 Å². The predicted octanol–water partition coefficient (Wildman–Crippen LogP) is 2.97. The Morgan fingerprint density at radius 1 is 1.03 bits per heavy atom. The monoisotopic (exact) mass is 1070 g/mol. The number of halogens is 3. The van der Waals surface area contributed by atoms with E-state index in [1.54, 1.807) is 11.8 Å². The summed E-state index contributed by atoms with van der Waals surface area (Å²) < 4.78 is 46.8. The van der Waals surface area contributed by atoms with Crippen LogP contribution in [0, 0.1) is 24.5 Å². The standard InChI is InChI=1S/C53H64F2IN8O6/c1-31-41(54)28-44-47(46(31)48-40(50(57)67)11-12-43(49(48)55)69-24-23-65)32(2)53(70-44,35-7-5-4-6-8-35)29-58-37-26-36(27-37)56-30-62-18-15-38(16-19-62)63-20-13-33(14-21-63)34-9-10-39-42(25-34)61(3)60-51(39)64-22-17-45(66)59-52(64)68/h4-12,28,32-33,36-38,42,58,65H,13-27,29-30H2,1-3H3,(H2,57,67)(H,59,66,68)/q-1/t32-,36?,37?,42?,53-/m0/s1. The average molecular weight is 1070 g/mol. The third kappa shape index (κ3) is 9.24. The van der Waals surface area contributed by atoms with Gasteiger partial charge in [-0.05, 0) is 6.07 Å². The summed E-state index contributed by atoms with van der Waals surface area (Å²) in [5, 5.41) is 22.4. The summed E-state index contributed by atoms with van der Waals surface area (Å²) in [6, 6.07) is 14.6. The summed E-state index contributed by atoms with van der Waals surface area (Å²) >= 11 is -0.00781. The molecule has 4 fully saturated rings. The van der Waals surface area contributed by atoms with Gasteiger partial charge in [-0.15, -0.1) is 0 Å². The quantitative estimate of drug-likeness (QED) is 0.107. The Bertz CT molecular complexity index is 2610. The molecule has 1 unspecified atom stereocenters. The van der Waals surface area contributed by atoms with Gasteiger partial charge in [-0.25, -0.2) is 4.79 Å². The summed E-state index contributed by atoms with van der Waals surface area (Å²) in [6.45, 7) is 8.46. The second-order valence-electron chi connectivity index (χ2n) is 20.0. The molecule has 5 aliphatic heterocycles. The molecule has 3 atom stereocenters. The van der Waals surface area contributed by atoms with Crippen molar-refractivity contribution in [1.29, 1.82) is 0 Å². The molecule has 70 heavy (non-hydrogen) atoms. The van der Waals surface area contributed by atoms with Gasteiger partial charge in [0.05, 0.1) is 6.61 Å². The topological polar surface area (TPSA) is 165 Å². The number of allylic oxidation sites excluding steroid dienone is 2.